The number of fused-ring (bicyclic) bond motifs is 1. The number of nitrogens with one attached hydrogen (secondary N) is 1. The van der Waals surface area contributed by atoms with Gasteiger partial charge in [-0.2, -0.15) is 5.10 Å². The lowest BCUT2D eigenvalue weighted by Gasteiger charge is -2.06. The Balaban J connectivity index is 1.79. The number of amides is 1. The van der Waals surface area contributed by atoms with Crippen LogP contribution in [0.15, 0.2) is 60.9 Å². The molecule has 4 nitrogen and oxygen atoms in total. The molecule has 0 aliphatic carbocycles. The van der Waals surface area contributed by atoms with Gasteiger partial charge in [0.15, 0.2) is 0 Å². The molecule has 0 atom stereocenters. The first-order valence-electron chi connectivity index (χ1n) is 6.68. The van der Waals surface area contributed by atoms with Crippen molar-refractivity contribution in [3.63, 3.8) is 0 Å². The summed E-state index contributed by atoms with van der Waals surface area (Å²) in [7, 11) is 1.84. The van der Waals surface area contributed by atoms with Crippen molar-refractivity contribution < 1.29 is 4.79 Å². The van der Waals surface area contributed by atoms with Crippen molar-refractivity contribution in [2.45, 2.75) is 0 Å². The minimum atomic E-state index is -0.157. The Hall–Kier alpha value is -2.88. The molecule has 0 fully saturated rings. The quantitative estimate of drug-likeness (QED) is 0.747. The van der Waals surface area contributed by atoms with Crippen molar-refractivity contribution >= 4 is 28.4 Å². The summed E-state index contributed by atoms with van der Waals surface area (Å²) in [6.07, 6.45) is 6.82. The van der Waals surface area contributed by atoms with Crippen molar-refractivity contribution in [3.05, 3.63) is 66.5 Å². The van der Waals surface area contributed by atoms with E-state index in [1.54, 1.807) is 17.0 Å². The predicted molar refractivity (Wildman–Crippen MR) is 84.8 cm³/mol. The van der Waals surface area contributed by atoms with Gasteiger partial charge in [0.2, 0.25) is 5.91 Å². The molecule has 3 aromatic rings. The fourth-order valence-electron chi connectivity index (χ4n) is 2.21. The van der Waals surface area contributed by atoms with E-state index in [9.17, 15) is 4.79 Å². The zero-order valence-corrected chi connectivity index (χ0v) is 11.7. The lowest BCUT2D eigenvalue weighted by molar-refractivity contribution is -0.111. The molecular weight excluding hydrogens is 262 g/mol. The Labute approximate surface area is 122 Å². The molecule has 0 aliphatic rings. The Bertz CT molecular complexity index is 812. The summed E-state index contributed by atoms with van der Waals surface area (Å²) in [6.45, 7) is 0. The maximum Gasteiger partial charge on any atom is 0.248 e. The van der Waals surface area contributed by atoms with Gasteiger partial charge in [-0.25, -0.2) is 0 Å². The summed E-state index contributed by atoms with van der Waals surface area (Å²) >= 11 is 0. The number of aryl methyl sites for hydroxylation is 1. The number of rotatable bonds is 3. The van der Waals surface area contributed by atoms with E-state index in [0.29, 0.717) is 0 Å². The summed E-state index contributed by atoms with van der Waals surface area (Å²) < 4.78 is 1.70. The maximum atomic E-state index is 12.0. The van der Waals surface area contributed by atoms with E-state index in [1.807, 2.05) is 55.7 Å². The van der Waals surface area contributed by atoms with Gasteiger partial charge in [-0.1, -0.05) is 36.4 Å². The second kappa shape index (κ2) is 5.63. The molecule has 1 amide bonds. The van der Waals surface area contributed by atoms with Crippen LogP contribution >= 0.6 is 0 Å². The van der Waals surface area contributed by atoms with Crippen LogP contribution in [0.5, 0.6) is 0 Å². The highest BCUT2D eigenvalue weighted by Crippen LogP contribution is 2.22. The molecule has 0 unspecified atom stereocenters. The molecule has 0 bridgehead atoms. The molecule has 0 aliphatic heterocycles. The van der Waals surface area contributed by atoms with Gasteiger partial charge in [0.05, 0.1) is 6.20 Å². The number of hydrogen-bond donors (Lipinski definition) is 1. The van der Waals surface area contributed by atoms with Gasteiger partial charge in [-0.05, 0) is 17.5 Å². The zero-order chi connectivity index (χ0) is 14.7. The number of anilines is 1. The lowest BCUT2D eigenvalue weighted by atomic mass is 10.1. The molecule has 2 aromatic carbocycles. The van der Waals surface area contributed by atoms with Crippen molar-refractivity contribution in [2.24, 2.45) is 7.05 Å². The van der Waals surface area contributed by atoms with Crippen LogP contribution in [0.2, 0.25) is 0 Å². The van der Waals surface area contributed by atoms with Crippen LogP contribution in [0.4, 0.5) is 5.69 Å². The maximum absolute atomic E-state index is 12.0. The predicted octanol–water partition coefficient (Wildman–Crippen LogP) is 3.23. The summed E-state index contributed by atoms with van der Waals surface area (Å²) in [5.41, 5.74) is 1.71. The van der Waals surface area contributed by atoms with Gasteiger partial charge in [0.25, 0.3) is 0 Å². The average molecular weight is 277 g/mol. The van der Waals surface area contributed by atoms with Crippen LogP contribution < -0.4 is 5.32 Å². The SMILES string of the molecule is Cn1cc(/C=C\C(=O)Nc2cccc3ccccc23)cn1. The van der Waals surface area contributed by atoms with E-state index < -0.39 is 0 Å². The molecule has 21 heavy (non-hydrogen) atoms. The van der Waals surface area contributed by atoms with Gasteiger partial charge >= 0.3 is 0 Å². The molecule has 0 saturated heterocycles. The van der Waals surface area contributed by atoms with Crippen molar-refractivity contribution in [1.82, 2.24) is 9.78 Å². The lowest BCUT2D eigenvalue weighted by Crippen LogP contribution is -2.07. The highest BCUT2D eigenvalue weighted by atomic mass is 16.1. The largest absolute Gasteiger partial charge is 0.322 e. The summed E-state index contributed by atoms with van der Waals surface area (Å²) in [4.78, 5) is 12.0. The van der Waals surface area contributed by atoms with E-state index in [0.717, 1.165) is 22.0 Å². The molecule has 0 spiro atoms. The highest BCUT2D eigenvalue weighted by molar-refractivity contribution is 6.07. The van der Waals surface area contributed by atoms with Crippen LogP contribution in [-0.2, 0) is 11.8 Å². The summed E-state index contributed by atoms with van der Waals surface area (Å²) in [5.74, 6) is -0.157. The second-order valence-electron chi connectivity index (χ2n) is 4.80. The van der Waals surface area contributed by atoms with Crippen LogP contribution in [0.25, 0.3) is 16.8 Å². The molecule has 0 saturated carbocycles. The Morgan fingerprint density at radius 2 is 2.00 bits per heavy atom. The number of hydrogen-bond acceptors (Lipinski definition) is 2. The molecule has 1 N–H and O–H groups in total. The third-order valence-electron chi connectivity index (χ3n) is 3.20. The van der Waals surface area contributed by atoms with Gasteiger partial charge in [0, 0.05) is 36.0 Å². The topological polar surface area (TPSA) is 46.9 Å². The van der Waals surface area contributed by atoms with Crippen molar-refractivity contribution in [1.29, 1.82) is 0 Å². The molecular formula is C17H15N3O. The normalized spacial score (nSPS) is 11.1. The monoisotopic (exact) mass is 277 g/mol. The first kappa shape index (κ1) is 13.1. The molecule has 4 heteroatoms. The number of nitrogens with zero attached hydrogens (tertiary/aromatic N) is 2. The fraction of sp³-hybridized carbons (Fsp3) is 0.0588. The van der Waals surface area contributed by atoms with Crippen LogP contribution in [0.3, 0.4) is 0 Å². The highest BCUT2D eigenvalue weighted by Gasteiger charge is 2.02. The summed E-state index contributed by atoms with van der Waals surface area (Å²) in [5, 5.41) is 9.10. The van der Waals surface area contributed by atoms with Crippen LogP contribution in [0, 0.1) is 0 Å². The molecule has 104 valence electrons. The Kier molecular flexibility index (Phi) is 3.51. The Morgan fingerprint density at radius 1 is 1.19 bits per heavy atom. The van der Waals surface area contributed by atoms with Gasteiger partial charge in [-0.3, -0.25) is 9.48 Å². The van der Waals surface area contributed by atoms with Crippen LogP contribution in [-0.4, -0.2) is 15.7 Å². The van der Waals surface area contributed by atoms with E-state index in [1.165, 1.54) is 6.08 Å². The molecule has 1 heterocycles. The van der Waals surface area contributed by atoms with Gasteiger partial charge in [0.1, 0.15) is 0 Å². The average Bonchev–Trinajstić information content (AvgIpc) is 2.91. The minimum Gasteiger partial charge on any atom is -0.322 e. The standard InChI is InChI=1S/C17H15N3O/c1-20-12-13(11-18-20)9-10-17(21)19-16-8-4-6-14-5-2-3-7-15(14)16/h2-12H,1H3,(H,19,21)/b10-9-. The smallest absolute Gasteiger partial charge is 0.248 e. The third-order valence-corrected chi connectivity index (χ3v) is 3.20. The van der Waals surface area contributed by atoms with Gasteiger partial charge < -0.3 is 5.32 Å². The Morgan fingerprint density at radius 3 is 2.81 bits per heavy atom. The van der Waals surface area contributed by atoms with Gasteiger partial charge in [-0.15, -0.1) is 0 Å². The van der Waals surface area contributed by atoms with E-state index in [4.69, 9.17) is 0 Å². The second-order valence-corrected chi connectivity index (χ2v) is 4.80. The molecule has 1 aromatic heterocycles. The number of carbonyl (C=O) groups is 1. The molecule has 0 radical (unpaired) electrons. The fourth-order valence-corrected chi connectivity index (χ4v) is 2.21. The first-order valence-corrected chi connectivity index (χ1v) is 6.68. The number of benzene rings is 2. The van der Waals surface area contributed by atoms with E-state index >= 15 is 0 Å². The number of carbonyl (C=O) groups excluding carboxylic acids is 1. The van der Waals surface area contributed by atoms with E-state index in [-0.39, 0.29) is 5.91 Å². The molecule has 3 rings (SSSR count). The first-order chi connectivity index (χ1) is 10.2. The zero-order valence-electron chi connectivity index (χ0n) is 11.7. The van der Waals surface area contributed by atoms with Crippen molar-refractivity contribution in [3.8, 4) is 0 Å². The number of aromatic nitrogens is 2. The van der Waals surface area contributed by atoms with Crippen molar-refractivity contribution in [2.75, 3.05) is 5.32 Å². The third kappa shape index (κ3) is 3.00. The summed E-state index contributed by atoms with van der Waals surface area (Å²) in [6, 6.07) is 13.8. The minimum absolute atomic E-state index is 0.157. The van der Waals surface area contributed by atoms with E-state index in [2.05, 4.69) is 10.4 Å². The van der Waals surface area contributed by atoms with Crippen LogP contribution in [0.1, 0.15) is 5.56 Å².